The van der Waals surface area contributed by atoms with Crippen molar-refractivity contribution in [3.8, 4) is 0 Å². The van der Waals surface area contributed by atoms with Gasteiger partial charge in [0.2, 0.25) is 0 Å². The Morgan fingerprint density at radius 3 is 0.792 bits per heavy atom. The summed E-state index contributed by atoms with van der Waals surface area (Å²) in [5.41, 5.74) is 0. The second kappa shape index (κ2) is 80.8. The minimum Gasteiger partial charge on any atom is -0.545 e. The van der Waals surface area contributed by atoms with Crippen LogP contribution in [0.3, 0.4) is 0 Å². The second-order valence-corrected chi connectivity index (χ2v) is 29.0. The first-order valence-electron chi connectivity index (χ1n) is 42.0. The topological polar surface area (TPSA) is 111 Å². The van der Waals surface area contributed by atoms with Gasteiger partial charge < -0.3 is 33.3 Å². The summed E-state index contributed by atoms with van der Waals surface area (Å²) in [7, 11) is 5.94. The molecule has 0 saturated heterocycles. The molecule has 9 nitrogen and oxygen atoms in total. The Labute approximate surface area is 623 Å². The number of esters is 2. The monoisotopic (exact) mass is 1400 g/mol. The molecule has 0 aromatic carbocycles. The van der Waals surface area contributed by atoms with E-state index in [0.717, 1.165) is 116 Å². The number of quaternary nitrogens is 1. The number of ether oxygens (including phenoxy) is 4. The number of hydrogen-bond acceptors (Lipinski definition) is 8. The summed E-state index contributed by atoms with van der Waals surface area (Å²) in [5.74, 6) is -2.27. The van der Waals surface area contributed by atoms with Crippen LogP contribution in [0, 0.1) is 0 Å². The third-order valence-electron chi connectivity index (χ3n) is 18.1. The third-order valence-corrected chi connectivity index (χ3v) is 18.1. The lowest BCUT2D eigenvalue weighted by molar-refractivity contribution is -0.870. The largest absolute Gasteiger partial charge is 0.545 e. The van der Waals surface area contributed by atoms with E-state index in [1.54, 1.807) is 0 Å². The molecule has 0 aliphatic heterocycles. The van der Waals surface area contributed by atoms with E-state index >= 15 is 0 Å². The molecule has 9 heteroatoms. The van der Waals surface area contributed by atoms with Crippen LogP contribution in [0.15, 0.2) is 146 Å². The predicted octanol–water partition coefficient (Wildman–Crippen LogP) is 26.0. The number of unbranched alkanes of at least 4 members (excludes halogenated alkanes) is 38. The average molecular weight is 1410 g/mol. The fraction of sp³-hybridized carbons (Fsp3) is 0.707. The Morgan fingerprint density at radius 2 is 0.535 bits per heavy atom. The van der Waals surface area contributed by atoms with Gasteiger partial charge >= 0.3 is 11.9 Å². The minimum atomic E-state index is -1.63. The molecule has 0 aliphatic rings. The van der Waals surface area contributed by atoms with Crippen LogP contribution in [0.5, 0.6) is 0 Å². The van der Waals surface area contributed by atoms with Gasteiger partial charge in [0.1, 0.15) is 13.2 Å². The van der Waals surface area contributed by atoms with Gasteiger partial charge in [-0.2, -0.15) is 0 Å². The van der Waals surface area contributed by atoms with Crippen LogP contribution < -0.4 is 5.11 Å². The van der Waals surface area contributed by atoms with Crippen molar-refractivity contribution in [3.63, 3.8) is 0 Å². The lowest BCUT2D eigenvalue weighted by atomic mass is 10.0. The summed E-state index contributed by atoms with van der Waals surface area (Å²) in [4.78, 5) is 37.7. The number of carboxylic acids is 1. The Kier molecular flexibility index (Phi) is 77.0. The summed E-state index contributed by atoms with van der Waals surface area (Å²) in [6.07, 6.45) is 115. The molecule has 0 aromatic rings. The summed E-state index contributed by atoms with van der Waals surface area (Å²) in [6.45, 7) is 4.56. The standard InChI is InChI=1S/C92H157NO8/c1-6-8-10-12-14-16-18-20-22-24-26-28-30-32-34-36-38-40-42-44-45-47-49-51-53-55-57-59-61-63-65-67-69-71-73-75-77-79-81-83-90(95)101-88(87-100-92(91(96)97)98-85-84-93(3,4)5)86-99-89(94)82-80-78-76-74-72-70-68-66-64-62-60-58-56-54-52-50-48-46-43-41-39-37-35-33-31-29-27-25-23-21-19-17-15-13-11-9-7-2/h8-11,14-17,20-23,26-29,32-35,38,40,44-45,88,92H,6-7,12-13,18-19,24-25,30-31,36-37,39,41-43,46-87H2,1-5H3/b10-8-,11-9-,16-14-,17-15-,22-20-,23-21-,28-26-,29-27-,34-32-,35-33-,40-38-,45-44-. The van der Waals surface area contributed by atoms with Gasteiger partial charge in [0, 0.05) is 12.8 Å². The number of hydrogen-bond donors (Lipinski definition) is 0. The zero-order valence-electron chi connectivity index (χ0n) is 66.2. The van der Waals surface area contributed by atoms with Crippen LogP contribution in [0.25, 0.3) is 0 Å². The SMILES string of the molecule is CC/C=C\C/C=C\C/C=C\C/C=C\C/C=C\C/C=C\C/C=C\CCCCCCCCCCCCCCCCCCCC(=O)OC(COC(=O)CCCCCCCCCCCCCCCCCCCCCCC/C=C\C/C=C\C/C=C\C/C=C\C/C=C\CC)COC(OCC[N+](C)(C)C)C(=O)[O-]. The highest BCUT2D eigenvalue weighted by atomic mass is 16.7. The number of carboxylic acid groups (broad SMARTS) is 1. The maximum Gasteiger partial charge on any atom is 0.306 e. The van der Waals surface area contributed by atoms with Gasteiger partial charge in [-0.15, -0.1) is 0 Å². The first kappa shape index (κ1) is 96.2. The molecule has 0 heterocycles. The molecule has 0 amide bonds. The third kappa shape index (κ3) is 82.3. The van der Waals surface area contributed by atoms with Crippen LogP contribution in [0.2, 0.25) is 0 Å². The molecule has 2 atom stereocenters. The number of allylic oxidation sites excluding steroid dienone is 24. The van der Waals surface area contributed by atoms with Gasteiger partial charge in [-0.25, -0.2) is 0 Å². The molecule has 0 N–H and O–H groups in total. The summed E-state index contributed by atoms with van der Waals surface area (Å²) in [5, 5.41) is 11.9. The molecule has 0 rings (SSSR count). The van der Waals surface area contributed by atoms with E-state index in [4.69, 9.17) is 18.9 Å². The quantitative estimate of drug-likeness (QED) is 0.0195. The van der Waals surface area contributed by atoms with Crippen molar-refractivity contribution < 1.29 is 42.9 Å². The Bertz CT molecular complexity index is 2180. The van der Waals surface area contributed by atoms with E-state index in [0.29, 0.717) is 23.9 Å². The summed E-state index contributed by atoms with van der Waals surface area (Å²) < 4.78 is 22.9. The molecular weight excluding hydrogens is 1250 g/mol. The highest BCUT2D eigenvalue weighted by Gasteiger charge is 2.22. The molecule has 101 heavy (non-hydrogen) atoms. The van der Waals surface area contributed by atoms with Crippen molar-refractivity contribution in [2.24, 2.45) is 0 Å². The van der Waals surface area contributed by atoms with Gasteiger partial charge in [0.25, 0.3) is 0 Å². The van der Waals surface area contributed by atoms with Crippen molar-refractivity contribution in [1.29, 1.82) is 0 Å². The number of likely N-dealkylation sites (N-methyl/N-ethyl adjacent to an activating group) is 1. The smallest absolute Gasteiger partial charge is 0.306 e. The summed E-state index contributed by atoms with van der Waals surface area (Å²) in [6, 6.07) is 0. The van der Waals surface area contributed by atoms with Crippen LogP contribution in [0.1, 0.15) is 361 Å². The molecule has 0 bridgehead atoms. The normalized spacial score (nSPS) is 13.4. The fourth-order valence-corrected chi connectivity index (χ4v) is 11.8. The lowest BCUT2D eigenvalue weighted by Gasteiger charge is -2.26. The minimum absolute atomic E-state index is 0.145. The first-order chi connectivity index (χ1) is 49.6. The molecule has 578 valence electrons. The maximum atomic E-state index is 13.0. The lowest BCUT2D eigenvalue weighted by Crippen LogP contribution is -2.44. The van der Waals surface area contributed by atoms with E-state index in [1.165, 1.54) is 212 Å². The fourth-order valence-electron chi connectivity index (χ4n) is 11.8. The maximum absolute atomic E-state index is 13.0. The Morgan fingerprint density at radius 1 is 0.297 bits per heavy atom. The average Bonchev–Trinajstić information content (AvgIpc) is 1.21. The van der Waals surface area contributed by atoms with E-state index in [9.17, 15) is 19.5 Å². The highest BCUT2D eigenvalue weighted by Crippen LogP contribution is 2.19. The van der Waals surface area contributed by atoms with Crippen molar-refractivity contribution in [2.75, 3.05) is 47.5 Å². The van der Waals surface area contributed by atoms with Crippen molar-refractivity contribution >= 4 is 17.9 Å². The number of nitrogens with zero attached hydrogens (tertiary/aromatic N) is 1. The van der Waals surface area contributed by atoms with Crippen LogP contribution >= 0.6 is 0 Å². The van der Waals surface area contributed by atoms with Gasteiger partial charge in [-0.05, 0) is 116 Å². The second-order valence-electron chi connectivity index (χ2n) is 29.0. The molecular formula is C92H157NO8. The van der Waals surface area contributed by atoms with Gasteiger partial charge in [0.05, 0.1) is 40.3 Å². The molecule has 2 unspecified atom stereocenters. The zero-order chi connectivity index (χ0) is 73.2. The van der Waals surface area contributed by atoms with Crippen LogP contribution in [-0.4, -0.2) is 82.3 Å². The molecule has 0 saturated carbocycles. The van der Waals surface area contributed by atoms with Crippen molar-refractivity contribution in [2.45, 2.75) is 373 Å². The van der Waals surface area contributed by atoms with Gasteiger partial charge in [-0.1, -0.05) is 378 Å². The molecule has 0 spiro atoms. The molecule has 0 aliphatic carbocycles. The number of rotatable bonds is 77. The first-order valence-corrected chi connectivity index (χ1v) is 42.0. The number of carbonyl (C=O) groups is 3. The summed E-state index contributed by atoms with van der Waals surface area (Å²) >= 11 is 0. The highest BCUT2D eigenvalue weighted by molar-refractivity contribution is 5.70. The van der Waals surface area contributed by atoms with E-state index in [2.05, 4.69) is 160 Å². The predicted molar refractivity (Wildman–Crippen MR) is 435 cm³/mol. The Hall–Kier alpha value is -4.83. The van der Waals surface area contributed by atoms with Crippen molar-refractivity contribution in [3.05, 3.63) is 146 Å². The zero-order valence-corrected chi connectivity index (χ0v) is 66.2. The Balaban J connectivity index is 4.00. The van der Waals surface area contributed by atoms with Crippen LogP contribution in [0.4, 0.5) is 0 Å². The van der Waals surface area contributed by atoms with Gasteiger partial charge in [-0.3, -0.25) is 9.59 Å². The van der Waals surface area contributed by atoms with Crippen molar-refractivity contribution in [1.82, 2.24) is 0 Å². The van der Waals surface area contributed by atoms with E-state index in [-0.39, 0.29) is 32.2 Å². The van der Waals surface area contributed by atoms with Crippen LogP contribution in [-0.2, 0) is 33.3 Å². The number of aliphatic carboxylic acids is 1. The molecule has 0 aromatic heterocycles. The molecule has 0 fully saturated rings. The van der Waals surface area contributed by atoms with E-state index in [1.807, 2.05) is 21.1 Å². The van der Waals surface area contributed by atoms with E-state index < -0.39 is 24.3 Å². The molecule has 0 radical (unpaired) electrons. The van der Waals surface area contributed by atoms with Gasteiger partial charge in [0.15, 0.2) is 12.4 Å². The number of carbonyl (C=O) groups excluding carboxylic acids is 3.